The largest absolute Gasteiger partial charge is 0.314 e. The first-order valence-electron chi connectivity index (χ1n) is 5.70. The SMILES string of the molecule is CCCNC(C)Cc1ccc(I)cc1[N+](=O)[O-]. The van der Waals surface area contributed by atoms with E-state index in [0.717, 1.165) is 22.1 Å². The fraction of sp³-hybridized carbons (Fsp3) is 0.500. The minimum absolute atomic E-state index is 0.224. The van der Waals surface area contributed by atoms with E-state index in [-0.39, 0.29) is 16.7 Å². The first-order chi connectivity index (χ1) is 8.04. The lowest BCUT2D eigenvalue weighted by Gasteiger charge is -2.13. The normalized spacial score (nSPS) is 12.4. The Kier molecular flexibility index (Phi) is 5.84. The van der Waals surface area contributed by atoms with Crippen LogP contribution in [0.15, 0.2) is 18.2 Å². The van der Waals surface area contributed by atoms with Gasteiger partial charge in [-0.2, -0.15) is 0 Å². The molecule has 17 heavy (non-hydrogen) atoms. The Morgan fingerprint density at radius 1 is 1.53 bits per heavy atom. The van der Waals surface area contributed by atoms with Crippen LogP contribution in [0.2, 0.25) is 0 Å². The summed E-state index contributed by atoms with van der Waals surface area (Å²) in [6.07, 6.45) is 1.76. The highest BCUT2D eigenvalue weighted by Gasteiger charge is 2.15. The third-order valence-electron chi connectivity index (χ3n) is 2.51. The van der Waals surface area contributed by atoms with Crippen LogP contribution in [0.5, 0.6) is 0 Å². The molecule has 0 amide bonds. The highest BCUT2D eigenvalue weighted by atomic mass is 127. The van der Waals surface area contributed by atoms with Crippen LogP contribution in [0.3, 0.4) is 0 Å². The number of nitro groups is 1. The summed E-state index contributed by atoms with van der Waals surface area (Å²) in [6, 6.07) is 5.65. The zero-order chi connectivity index (χ0) is 12.8. The predicted octanol–water partition coefficient (Wildman–Crippen LogP) is 3.13. The smallest absolute Gasteiger partial charge is 0.273 e. The van der Waals surface area contributed by atoms with Gasteiger partial charge in [-0.1, -0.05) is 13.0 Å². The van der Waals surface area contributed by atoms with Gasteiger partial charge in [0.25, 0.3) is 5.69 Å². The van der Waals surface area contributed by atoms with Gasteiger partial charge in [0.1, 0.15) is 0 Å². The molecule has 0 radical (unpaired) electrons. The number of hydrogen-bond acceptors (Lipinski definition) is 3. The number of benzene rings is 1. The Hall–Kier alpha value is -0.690. The molecule has 0 spiro atoms. The van der Waals surface area contributed by atoms with Crippen molar-refractivity contribution in [1.29, 1.82) is 0 Å². The number of rotatable bonds is 6. The van der Waals surface area contributed by atoms with Gasteiger partial charge in [-0.25, -0.2) is 0 Å². The molecule has 1 N–H and O–H groups in total. The maximum Gasteiger partial charge on any atom is 0.273 e. The number of nitrogens with one attached hydrogen (secondary N) is 1. The van der Waals surface area contributed by atoms with Crippen molar-refractivity contribution < 1.29 is 4.92 Å². The zero-order valence-electron chi connectivity index (χ0n) is 10.1. The molecule has 5 heteroatoms. The maximum atomic E-state index is 11.0. The van der Waals surface area contributed by atoms with Crippen LogP contribution < -0.4 is 5.32 Å². The molecule has 0 fully saturated rings. The summed E-state index contributed by atoms with van der Waals surface area (Å²) >= 11 is 2.09. The van der Waals surface area contributed by atoms with E-state index in [0.29, 0.717) is 6.42 Å². The van der Waals surface area contributed by atoms with Gasteiger partial charge >= 0.3 is 0 Å². The lowest BCUT2D eigenvalue weighted by Crippen LogP contribution is -2.28. The van der Waals surface area contributed by atoms with Crippen LogP contribution >= 0.6 is 22.6 Å². The van der Waals surface area contributed by atoms with E-state index in [1.165, 1.54) is 0 Å². The summed E-state index contributed by atoms with van der Waals surface area (Å²) in [4.78, 5) is 10.6. The van der Waals surface area contributed by atoms with Crippen molar-refractivity contribution in [2.45, 2.75) is 32.7 Å². The lowest BCUT2D eigenvalue weighted by atomic mass is 10.1. The summed E-state index contributed by atoms with van der Waals surface area (Å²) in [5.74, 6) is 0. The Morgan fingerprint density at radius 2 is 2.24 bits per heavy atom. The van der Waals surface area contributed by atoms with Gasteiger partial charge in [-0.3, -0.25) is 10.1 Å². The predicted molar refractivity (Wildman–Crippen MR) is 77.3 cm³/mol. The summed E-state index contributed by atoms with van der Waals surface area (Å²) in [5, 5.41) is 14.3. The van der Waals surface area contributed by atoms with Crippen LogP contribution in [0, 0.1) is 13.7 Å². The van der Waals surface area contributed by atoms with E-state index in [1.807, 2.05) is 12.1 Å². The second-order valence-corrected chi connectivity index (χ2v) is 5.34. The standard InChI is InChI=1S/C12H17IN2O2/c1-3-6-14-9(2)7-10-4-5-11(13)8-12(10)15(16)17/h4-5,8-9,14H,3,6-7H2,1-2H3. The molecule has 1 unspecified atom stereocenters. The number of nitro benzene ring substituents is 1. The van der Waals surface area contributed by atoms with Crippen molar-refractivity contribution in [3.05, 3.63) is 37.4 Å². The first kappa shape index (κ1) is 14.4. The number of halogens is 1. The highest BCUT2D eigenvalue weighted by Crippen LogP contribution is 2.22. The van der Waals surface area contributed by atoms with E-state index in [1.54, 1.807) is 6.07 Å². The van der Waals surface area contributed by atoms with Gasteiger partial charge in [-0.05, 0) is 55.0 Å². The zero-order valence-corrected chi connectivity index (χ0v) is 12.2. The van der Waals surface area contributed by atoms with Crippen LogP contribution in [-0.4, -0.2) is 17.5 Å². The van der Waals surface area contributed by atoms with E-state index in [2.05, 4.69) is 41.8 Å². The van der Waals surface area contributed by atoms with Crippen LogP contribution in [0.1, 0.15) is 25.8 Å². The molecule has 94 valence electrons. The molecule has 0 aliphatic heterocycles. The van der Waals surface area contributed by atoms with Gasteiger partial charge in [0, 0.05) is 21.2 Å². The fourth-order valence-corrected chi connectivity index (χ4v) is 2.15. The Bertz CT molecular complexity index is 396. The Balaban J connectivity index is 2.79. The van der Waals surface area contributed by atoms with E-state index >= 15 is 0 Å². The van der Waals surface area contributed by atoms with Crippen molar-refractivity contribution in [1.82, 2.24) is 5.32 Å². The molecule has 0 aliphatic rings. The van der Waals surface area contributed by atoms with Gasteiger partial charge in [-0.15, -0.1) is 0 Å². The molecular formula is C12H17IN2O2. The molecule has 0 bridgehead atoms. The van der Waals surface area contributed by atoms with E-state index < -0.39 is 0 Å². The molecular weight excluding hydrogens is 331 g/mol. The molecule has 1 rings (SSSR count). The van der Waals surface area contributed by atoms with Crippen molar-refractivity contribution >= 4 is 28.3 Å². The number of hydrogen-bond donors (Lipinski definition) is 1. The molecule has 0 heterocycles. The number of nitrogens with zero attached hydrogens (tertiary/aromatic N) is 1. The van der Waals surface area contributed by atoms with Gasteiger partial charge in [0.15, 0.2) is 0 Å². The van der Waals surface area contributed by atoms with E-state index in [9.17, 15) is 10.1 Å². The Morgan fingerprint density at radius 3 is 2.82 bits per heavy atom. The minimum Gasteiger partial charge on any atom is -0.314 e. The summed E-state index contributed by atoms with van der Waals surface area (Å²) in [6.45, 7) is 5.10. The molecule has 0 saturated heterocycles. The summed E-state index contributed by atoms with van der Waals surface area (Å²) in [7, 11) is 0. The molecule has 0 aliphatic carbocycles. The second-order valence-electron chi connectivity index (χ2n) is 4.09. The van der Waals surface area contributed by atoms with Crippen molar-refractivity contribution in [3.63, 3.8) is 0 Å². The van der Waals surface area contributed by atoms with Gasteiger partial charge < -0.3 is 5.32 Å². The van der Waals surface area contributed by atoms with Crippen molar-refractivity contribution in [2.24, 2.45) is 0 Å². The fourth-order valence-electron chi connectivity index (χ4n) is 1.67. The lowest BCUT2D eigenvalue weighted by molar-refractivity contribution is -0.385. The van der Waals surface area contributed by atoms with Crippen LogP contribution in [-0.2, 0) is 6.42 Å². The third-order valence-corrected chi connectivity index (χ3v) is 3.18. The average Bonchev–Trinajstić information content (AvgIpc) is 2.28. The third kappa shape index (κ3) is 4.59. The quantitative estimate of drug-likeness (QED) is 0.488. The highest BCUT2D eigenvalue weighted by molar-refractivity contribution is 14.1. The van der Waals surface area contributed by atoms with E-state index in [4.69, 9.17) is 0 Å². The minimum atomic E-state index is -0.302. The average molecular weight is 348 g/mol. The molecule has 1 aromatic rings. The topological polar surface area (TPSA) is 55.2 Å². The monoisotopic (exact) mass is 348 g/mol. The molecule has 0 aromatic heterocycles. The van der Waals surface area contributed by atoms with Crippen LogP contribution in [0.4, 0.5) is 5.69 Å². The second kappa shape index (κ2) is 6.90. The first-order valence-corrected chi connectivity index (χ1v) is 6.78. The van der Waals surface area contributed by atoms with Crippen molar-refractivity contribution in [2.75, 3.05) is 6.54 Å². The van der Waals surface area contributed by atoms with Gasteiger partial charge in [0.05, 0.1) is 4.92 Å². The molecule has 1 aromatic carbocycles. The molecule has 1 atom stereocenters. The summed E-state index contributed by atoms with van der Waals surface area (Å²) < 4.78 is 0.896. The molecule has 0 saturated carbocycles. The van der Waals surface area contributed by atoms with Crippen LogP contribution in [0.25, 0.3) is 0 Å². The summed E-state index contributed by atoms with van der Waals surface area (Å²) in [5.41, 5.74) is 1.02. The Labute approximate surface area is 115 Å². The van der Waals surface area contributed by atoms with Crippen molar-refractivity contribution in [3.8, 4) is 0 Å². The maximum absolute atomic E-state index is 11.0. The van der Waals surface area contributed by atoms with Gasteiger partial charge in [0.2, 0.25) is 0 Å². The molecule has 4 nitrogen and oxygen atoms in total.